The third-order valence-electron chi connectivity index (χ3n) is 5.15. The molecule has 0 saturated carbocycles. The Morgan fingerprint density at radius 3 is 1.37 bits per heavy atom. The maximum absolute atomic E-state index is 6.26. The highest BCUT2D eigenvalue weighted by molar-refractivity contribution is 4.83. The van der Waals surface area contributed by atoms with Gasteiger partial charge in [-0.2, -0.15) is 0 Å². The van der Waals surface area contributed by atoms with E-state index in [4.69, 9.17) is 4.74 Å². The minimum absolute atomic E-state index is 0. The van der Waals surface area contributed by atoms with Gasteiger partial charge in [-0.3, -0.25) is 0 Å². The first-order chi connectivity index (χ1) is 12.0. The maximum atomic E-state index is 6.26. The summed E-state index contributed by atoms with van der Waals surface area (Å²) in [7, 11) is 0. The minimum atomic E-state index is -0.00671. The summed E-state index contributed by atoms with van der Waals surface area (Å²) in [4.78, 5) is 0. The van der Waals surface area contributed by atoms with E-state index in [2.05, 4.69) is 55.4 Å². The van der Waals surface area contributed by atoms with Crippen molar-refractivity contribution in [3.63, 3.8) is 0 Å². The number of hydrogen-bond acceptors (Lipinski definition) is 1. The lowest BCUT2D eigenvalue weighted by Gasteiger charge is -2.38. The van der Waals surface area contributed by atoms with Crippen molar-refractivity contribution in [2.75, 3.05) is 6.61 Å². The third kappa shape index (κ3) is 20.5. The molecule has 0 amide bonds. The minimum Gasteiger partial charge on any atom is -0.412 e. The van der Waals surface area contributed by atoms with Crippen LogP contribution in [0.1, 0.15) is 139 Å². The predicted octanol–water partition coefficient (Wildman–Crippen LogP) is 8.12. The van der Waals surface area contributed by atoms with E-state index in [0.29, 0.717) is 10.8 Å². The number of ether oxygens (including phenoxy) is 1. The van der Waals surface area contributed by atoms with Crippen molar-refractivity contribution < 1.29 is 10.2 Å². The lowest BCUT2D eigenvalue weighted by Crippen LogP contribution is -2.34. The summed E-state index contributed by atoms with van der Waals surface area (Å²) in [5.41, 5.74) is 0.710. The first-order valence-corrected chi connectivity index (χ1v) is 11.6. The molecule has 0 atom stereocenters. The lowest BCUT2D eigenvalue weighted by atomic mass is 9.71. The van der Waals surface area contributed by atoms with Crippen molar-refractivity contribution >= 4 is 0 Å². The molecule has 2 heteroatoms. The number of rotatable bonds is 16. The largest absolute Gasteiger partial charge is 0.412 e. The van der Waals surface area contributed by atoms with Crippen molar-refractivity contribution in [3.05, 3.63) is 0 Å². The molecule has 0 aromatic heterocycles. The first-order valence-electron chi connectivity index (χ1n) is 11.6. The van der Waals surface area contributed by atoms with Gasteiger partial charge in [-0.25, -0.2) is 0 Å². The van der Waals surface area contributed by atoms with Crippen molar-refractivity contribution in [1.29, 1.82) is 0 Å². The molecule has 0 unspecified atom stereocenters. The van der Waals surface area contributed by atoms with Gasteiger partial charge in [0.15, 0.2) is 0 Å². The molecule has 0 aliphatic heterocycles. The summed E-state index contributed by atoms with van der Waals surface area (Å²) in [6.07, 6.45) is 17.7. The number of hydrogen-bond donors (Lipinski definition) is 0. The molecule has 0 fully saturated rings. The highest BCUT2D eigenvalue weighted by Gasteiger charge is 2.32. The molecule has 0 radical (unpaired) electrons. The molecule has 0 rings (SSSR count). The van der Waals surface area contributed by atoms with Gasteiger partial charge >= 0.3 is 0 Å². The quantitative estimate of drug-likeness (QED) is 0.247. The van der Waals surface area contributed by atoms with Gasteiger partial charge in [0, 0.05) is 6.61 Å². The molecule has 0 aliphatic carbocycles. The monoisotopic (exact) mass is 386 g/mol. The Labute approximate surface area is 172 Å². The zero-order valence-electron chi connectivity index (χ0n) is 20.3. The molecule has 2 N–H and O–H groups in total. The van der Waals surface area contributed by atoms with E-state index >= 15 is 0 Å². The second-order valence-electron chi connectivity index (χ2n) is 11.2. The molecule has 0 bridgehead atoms. The summed E-state index contributed by atoms with van der Waals surface area (Å²) in [6, 6.07) is 0. The molecule has 0 saturated heterocycles. The molecule has 27 heavy (non-hydrogen) atoms. The van der Waals surface area contributed by atoms with Crippen LogP contribution in [-0.4, -0.2) is 17.7 Å². The molecule has 0 spiro atoms. The lowest BCUT2D eigenvalue weighted by molar-refractivity contribution is -0.0526. The normalized spacial score (nSPS) is 12.9. The molecule has 2 nitrogen and oxygen atoms in total. The fourth-order valence-corrected chi connectivity index (χ4v) is 4.82. The SMILES string of the molecule is CCCCCCCCCCCCCOC(C)(C)CC(C)(C)CC(C)(C)C.O. The topological polar surface area (TPSA) is 40.7 Å². The van der Waals surface area contributed by atoms with E-state index < -0.39 is 0 Å². The Hall–Kier alpha value is -0.0800. The van der Waals surface area contributed by atoms with Crippen LogP contribution in [0.4, 0.5) is 0 Å². The molecule has 166 valence electrons. The van der Waals surface area contributed by atoms with Gasteiger partial charge in [0.05, 0.1) is 5.60 Å². The van der Waals surface area contributed by atoms with E-state index in [9.17, 15) is 0 Å². The Morgan fingerprint density at radius 1 is 0.556 bits per heavy atom. The van der Waals surface area contributed by atoms with Gasteiger partial charge in [0.1, 0.15) is 0 Å². The smallest absolute Gasteiger partial charge is 0.0631 e. The molecule has 0 aliphatic rings. The standard InChI is InChI=1S/C25H52O.H2O/c1-9-10-11-12-13-14-15-16-17-18-19-20-26-25(7,8)22-24(5,6)21-23(2,3)4;/h9-22H2,1-8H3;1H2. The molecule has 0 heterocycles. The van der Waals surface area contributed by atoms with Crippen LogP contribution in [-0.2, 0) is 4.74 Å². The average Bonchev–Trinajstić information content (AvgIpc) is 2.44. The van der Waals surface area contributed by atoms with E-state index in [1.54, 1.807) is 0 Å². The first kappa shape index (κ1) is 29.1. The fourth-order valence-electron chi connectivity index (χ4n) is 4.82. The Morgan fingerprint density at radius 2 is 0.963 bits per heavy atom. The fraction of sp³-hybridized carbons (Fsp3) is 1.00. The van der Waals surface area contributed by atoms with Crippen molar-refractivity contribution in [1.82, 2.24) is 0 Å². The summed E-state index contributed by atoms with van der Waals surface area (Å²) >= 11 is 0. The van der Waals surface area contributed by atoms with E-state index in [-0.39, 0.29) is 11.1 Å². The van der Waals surface area contributed by atoms with Crippen molar-refractivity contribution in [2.45, 2.75) is 144 Å². The Balaban J connectivity index is 0. The second kappa shape index (κ2) is 14.9. The zero-order chi connectivity index (χ0) is 20.1. The van der Waals surface area contributed by atoms with Gasteiger partial charge < -0.3 is 10.2 Å². The van der Waals surface area contributed by atoms with E-state index in [1.165, 1.54) is 77.0 Å². The Bertz CT molecular complexity index is 326. The van der Waals surface area contributed by atoms with E-state index in [1.807, 2.05) is 0 Å². The van der Waals surface area contributed by atoms with Crippen LogP contribution in [0.5, 0.6) is 0 Å². The average molecular weight is 387 g/mol. The van der Waals surface area contributed by atoms with Crippen LogP contribution < -0.4 is 0 Å². The maximum Gasteiger partial charge on any atom is 0.0631 e. The van der Waals surface area contributed by atoms with Gasteiger partial charge in [0.25, 0.3) is 0 Å². The number of unbranched alkanes of at least 4 members (excludes halogenated alkanes) is 10. The van der Waals surface area contributed by atoms with Gasteiger partial charge in [0.2, 0.25) is 0 Å². The van der Waals surface area contributed by atoms with Crippen molar-refractivity contribution in [3.8, 4) is 0 Å². The third-order valence-corrected chi connectivity index (χ3v) is 5.15. The Kier molecular flexibility index (Phi) is 16.0. The summed E-state index contributed by atoms with van der Waals surface area (Å²) in [6.45, 7) is 19.6. The van der Waals surface area contributed by atoms with Crippen LogP contribution >= 0.6 is 0 Å². The molecular weight excluding hydrogens is 332 g/mol. The summed E-state index contributed by atoms with van der Waals surface area (Å²) in [5, 5.41) is 0. The molecule has 0 aromatic carbocycles. The van der Waals surface area contributed by atoms with Gasteiger partial charge in [-0.05, 0) is 43.9 Å². The van der Waals surface area contributed by atoms with Gasteiger partial charge in [-0.15, -0.1) is 0 Å². The summed E-state index contributed by atoms with van der Waals surface area (Å²) in [5.74, 6) is 0. The summed E-state index contributed by atoms with van der Waals surface area (Å²) < 4.78 is 6.26. The second-order valence-corrected chi connectivity index (χ2v) is 11.2. The van der Waals surface area contributed by atoms with Crippen LogP contribution in [0.2, 0.25) is 0 Å². The van der Waals surface area contributed by atoms with Crippen molar-refractivity contribution in [2.24, 2.45) is 10.8 Å². The zero-order valence-corrected chi connectivity index (χ0v) is 20.3. The van der Waals surface area contributed by atoms with E-state index in [0.717, 1.165) is 13.0 Å². The molecular formula is C25H54O2. The molecule has 0 aromatic rings. The van der Waals surface area contributed by atoms with Crippen LogP contribution in [0.25, 0.3) is 0 Å². The highest BCUT2D eigenvalue weighted by Crippen LogP contribution is 2.39. The van der Waals surface area contributed by atoms with Crippen LogP contribution in [0.15, 0.2) is 0 Å². The highest BCUT2D eigenvalue weighted by atomic mass is 16.5. The predicted molar refractivity (Wildman–Crippen MR) is 123 cm³/mol. The van der Waals surface area contributed by atoms with Gasteiger partial charge in [-0.1, -0.05) is 106 Å². The van der Waals surface area contributed by atoms with Crippen LogP contribution in [0, 0.1) is 10.8 Å². The van der Waals surface area contributed by atoms with Crippen LogP contribution in [0.3, 0.4) is 0 Å².